The van der Waals surface area contributed by atoms with E-state index in [4.69, 9.17) is 9.47 Å². The third kappa shape index (κ3) is 4.32. The van der Waals surface area contributed by atoms with Gasteiger partial charge in [0.05, 0.1) is 0 Å². The fourth-order valence-electron chi connectivity index (χ4n) is 3.74. The Kier molecular flexibility index (Phi) is 5.14. The maximum Gasteiger partial charge on any atom is 0.319 e. The number of ether oxygens (including phenoxy) is 2. The molecule has 1 aromatic rings. The summed E-state index contributed by atoms with van der Waals surface area (Å²) in [6, 6.07) is 5.29. The number of likely N-dealkylation sites (tertiary alicyclic amines) is 1. The van der Waals surface area contributed by atoms with Crippen molar-refractivity contribution in [3.05, 3.63) is 18.2 Å². The third-order valence-corrected chi connectivity index (χ3v) is 4.48. The number of nitrogens with zero attached hydrogens (tertiary/aromatic N) is 1. The number of carbonyl (C=O) groups excluding carboxylic acids is 1. The van der Waals surface area contributed by atoms with Crippen molar-refractivity contribution in [2.75, 3.05) is 31.7 Å². The van der Waals surface area contributed by atoms with Crippen molar-refractivity contribution in [2.24, 2.45) is 11.8 Å². The summed E-state index contributed by atoms with van der Waals surface area (Å²) < 4.78 is 10.6. The topological polar surface area (TPSA) is 62.8 Å². The quantitative estimate of drug-likeness (QED) is 0.889. The second-order valence-corrected chi connectivity index (χ2v) is 7.23. The molecule has 6 nitrogen and oxygen atoms in total. The first-order valence-electron chi connectivity index (χ1n) is 8.69. The molecule has 3 atom stereocenters. The Morgan fingerprint density at radius 2 is 1.96 bits per heavy atom. The summed E-state index contributed by atoms with van der Waals surface area (Å²) in [6.45, 7) is 9.97. The molecule has 0 saturated carbocycles. The highest BCUT2D eigenvalue weighted by molar-refractivity contribution is 5.89. The monoisotopic (exact) mass is 333 g/mol. The van der Waals surface area contributed by atoms with Crippen LogP contribution in [0.3, 0.4) is 0 Å². The highest BCUT2D eigenvalue weighted by Crippen LogP contribution is 2.34. The van der Waals surface area contributed by atoms with Gasteiger partial charge in [-0.3, -0.25) is 0 Å². The van der Waals surface area contributed by atoms with E-state index in [2.05, 4.69) is 29.4 Å². The fourth-order valence-corrected chi connectivity index (χ4v) is 3.74. The standard InChI is InChI=1S/C18H27N3O3/c1-12-6-13(2)9-21(8-12)10-14(3)19-18(22)20-15-4-5-16-17(7-15)24-11-23-16/h4-5,7,12-14H,6,8-11H2,1-3H3,(H2,19,20,22)/t12-,13-,14+/m1/s1. The Labute approximate surface area is 143 Å². The fraction of sp³-hybridized carbons (Fsp3) is 0.611. The first-order valence-corrected chi connectivity index (χ1v) is 8.69. The first-order chi connectivity index (χ1) is 11.5. The maximum absolute atomic E-state index is 12.2. The Morgan fingerprint density at radius 3 is 2.71 bits per heavy atom. The molecule has 1 saturated heterocycles. The highest BCUT2D eigenvalue weighted by atomic mass is 16.7. The number of piperidine rings is 1. The van der Waals surface area contributed by atoms with E-state index in [0.717, 1.165) is 31.5 Å². The minimum atomic E-state index is -0.195. The van der Waals surface area contributed by atoms with Crippen LogP contribution >= 0.6 is 0 Å². The number of nitrogens with one attached hydrogen (secondary N) is 2. The van der Waals surface area contributed by atoms with Gasteiger partial charge in [-0.1, -0.05) is 13.8 Å². The molecule has 0 radical (unpaired) electrons. The van der Waals surface area contributed by atoms with Gasteiger partial charge in [0.2, 0.25) is 6.79 Å². The molecule has 0 aromatic heterocycles. The molecule has 24 heavy (non-hydrogen) atoms. The lowest BCUT2D eigenvalue weighted by Crippen LogP contribution is -2.47. The van der Waals surface area contributed by atoms with Gasteiger partial charge in [-0.15, -0.1) is 0 Å². The van der Waals surface area contributed by atoms with E-state index < -0.39 is 0 Å². The Balaban J connectivity index is 1.47. The molecule has 2 aliphatic rings. The molecule has 0 bridgehead atoms. The number of carbonyl (C=O) groups is 1. The molecule has 1 aromatic carbocycles. The molecule has 0 unspecified atom stereocenters. The van der Waals surface area contributed by atoms with Gasteiger partial charge >= 0.3 is 6.03 Å². The van der Waals surface area contributed by atoms with Crippen LogP contribution in [0.2, 0.25) is 0 Å². The molecule has 0 aliphatic carbocycles. The lowest BCUT2D eigenvalue weighted by Gasteiger charge is -2.36. The van der Waals surface area contributed by atoms with Crippen LogP contribution < -0.4 is 20.1 Å². The van der Waals surface area contributed by atoms with Crippen molar-refractivity contribution in [1.82, 2.24) is 10.2 Å². The lowest BCUT2D eigenvalue weighted by molar-refractivity contribution is 0.132. The summed E-state index contributed by atoms with van der Waals surface area (Å²) >= 11 is 0. The molecule has 1 fully saturated rings. The van der Waals surface area contributed by atoms with Gasteiger partial charge in [-0.2, -0.15) is 0 Å². The predicted molar refractivity (Wildman–Crippen MR) is 93.6 cm³/mol. The zero-order valence-corrected chi connectivity index (χ0v) is 14.7. The zero-order valence-electron chi connectivity index (χ0n) is 14.7. The number of fused-ring (bicyclic) bond motifs is 1. The molecule has 132 valence electrons. The van der Waals surface area contributed by atoms with Crippen LogP contribution in [0.4, 0.5) is 10.5 Å². The van der Waals surface area contributed by atoms with Crippen LogP contribution in [-0.2, 0) is 0 Å². The number of benzene rings is 1. The Bertz CT molecular complexity index is 583. The van der Waals surface area contributed by atoms with Crippen LogP contribution in [0.15, 0.2) is 18.2 Å². The van der Waals surface area contributed by atoms with Gasteiger partial charge in [-0.05, 0) is 37.3 Å². The van der Waals surface area contributed by atoms with Crippen LogP contribution in [0.5, 0.6) is 11.5 Å². The second kappa shape index (κ2) is 7.30. The smallest absolute Gasteiger partial charge is 0.319 e. The second-order valence-electron chi connectivity index (χ2n) is 7.23. The van der Waals surface area contributed by atoms with Crippen molar-refractivity contribution in [1.29, 1.82) is 0 Å². The summed E-state index contributed by atoms with van der Waals surface area (Å²) in [5, 5.41) is 5.86. The van der Waals surface area contributed by atoms with Crippen LogP contribution in [0.25, 0.3) is 0 Å². The molecule has 2 aliphatic heterocycles. The zero-order chi connectivity index (χ0) is 17.1. The normalized spacial score (nSPS) is 24.5. The average Bonchev–Trinajstić information content (AvgIpc) is 2.93. The van der Waals surface area contributed by atoms with E-state index in [1.165, 1.54) is 6.42 Å². The van der Waals surface area contributed by atoms with Crippen molar-refractivity contribution >= 4 is 11.7 Å². The molecule has 0 spiro atoms. The van der Waals surface area contributed by atoms with Crippen molar-refractivity contribution < 1.29 is 14.3 Å². The summed E-state index contributed by atoms with van der Waals surface area (Å²) in [7, 11) is 0. The number of anilines is 1. The molecule has 2 N–H and O–H groups in total. The number of amides is 2. The predicted octanol–water partition coefficient (Wildman–Crippen LogP) is 2.90. The largest absolute Gasteiger partial charge is 0.454 e. The van der Waals surface area contributed by atoms with Crippen molar-refractivity contribution in [2.45, 2.75) is 33.2 Å². The number of rotatable bonds is 4. The van der Waals surface area contributed by atoms with Crippen LogP contribution in [0, 0.1) is 11.8 Å². The minimum absolute atomic E-state index is 0.0940. The molecular formula is C18H27N3O3. The number of hydrogen-bond donors (Lipinski definition) is 2. The Hall–Kier alpha value is -1.95. The molecule has 6 heteroatoms. The van der Waals surface area contributed by atoms with Crippen LogP contribution in [-0.4, -0.2) is 43.4 Å². The molecule has 2 heterocycles. The van der Waals surface area contributed by atoms with E-state index in [9.17, 15) is 4.79 Å². The SMILES string of the molecule is C[C@@H]1C[C@@H](C)CN(C[C@H](C)NC(=O)Nc2ccc3c(c2)OCO3)C1. The van der Waals surface area contributed by atoms with Crippen LogP contribution in [0.1, 0.15) is 27.2 Å². The summed E-state index contributed by atoms with van der Waals surface area (Å²) in [5.74, 6) is 2.83. The van der Waals surface area contributed by atoms with Crippen molar-refractivity contribution in [3.8, 4) is 11.5 Å². The van der Waals surface area contributed by atoms with E-state index in [0.29, 0.717) is 17.2 Å². The van der Waals surface area contributed by atoms with E-state index in [1.54, 1.807) is 12.1 Å². The van der Waals surface area contributed by atoms with E-state index in [1.807, 2.05) is 13.0 Å². The van der Waals surface area contributed by atoms with Gasteiger partial charge in [0, 0.05) is 37.4 Å². The van der Waals surface area contributed by atoms with E-state index >= 15 is 0 Å². The van der Waals surface area contributed by atoms with Gasteiger partial charge < -0.3 is 25.0 Å². The van der Waals surface area contributed by atoms with Gasteiger partial charge in [0.15, 0.2) is 11.5 Å². The lowest BCUT2D eigenvalue weighted by atomic mass is 9.92. The van der Waals surface area contributed by atoms with E-state index in [-0.39, 0.29) is 18.9 Å². The van der Waals surface area contributed by atoms with Gasteiger partial charge in [0.1, 0.15) is 0 Å². The minimum Gasteiger partial charge on any atom is -0.454 e. The average molecular weight is 333 g/mol. The van der Waals surface area contributed by atoms with Gasteiger partial charge in [0.25, 0.3) is 0 Å². The molecule has 2 amide bonds. The maximum atomic E-state index is 12.2. The Morgan fingerprint density at radius 1 is 1.25 bits per heavy atom. The first kappa shape index (κ1) is 16.9. The third-order valence-electron chi connectivity index (χ3n) is 4.48. The number of hydrogen-bond acceptors (Lipinski definition) is 4. The summed E-state index contributed by atoms with van der Waals surface area (Å²) in [5.41, 5.74) is 0.698. The molecular weight excluding hydrogens is 306 g/mol. The van der Waals surface area contributed by atoms with Gasteiger partial charge in [-0.25, -0.2) is 4.79 Å². The highest BCUT2D eigenvalue weighted by Gasteiger charge is 2.23. The van der Waals surface area contributed by atoms with Crippen molar-refractivity contribution in [3.63, 3.8) is 0 Å². The molecule has 3 rings (SSSR count). The summed E-state index contributed by atoms with van der Waals surface area (Å²) in [6.07, 6.45) is 1.29. The summed E-state index contributed by atoms with van der Waals surface area (Å²) in [4.78, 5) is 14.6. The number of urea groups is 1.